The molecule has 0 saturated carbocycles. The lowest BCUT2D eigenvalue weighted by Crippen LogP contribution is -2.02. The van der Waals surface area contributed by atoms with Gasteiger partial charge >= 0.3 is 0 Å². The number of rotatable bonds is 0. The van der Waals surface area contributed by atoms with Gasteiger partial charge in [0.1, 0.15) is 11.9 Å². The minimum Gasteiger partial charge on any atom is -0.385 e. The Bertz CT molecular complexity index is 244. The molecule has 1 aliphatic rings. The second-order valence-corrected chi connectivity index (χ2v) is 2.86. The SMILES string of the molecule is C[C@H]1Cn2ccnc2[C@H]1O. The van der Waals surface area contributed by atoms with Crippen LogP contribution < -0.4 is 0 Å². The van der Waals surface area contributed by atoms with Crippen molar-refractivity contribution in [1.29, 1.82) is 0 Å². The van der Waals surface area contributed by atoms with Crippen LogP contribution in [0.2, 0.25) is 0 Å². The third-order valence-corrected chi connectivity index (χ3v) is 2.04. The standard InChI is InChI=1S/C7H10N2O/c1-5-4-9-3-2-8-7(9)6(5)10/h2-3,5-6,10H,4H2,1H3/t5-,6-/m0/s1. The zero-order chi connectivity index (χ0) is 7.14. The van der Waals surface area contributed by atoms with Crippen molar-refractivity contribution in [3.05, 3.63) is 18.2 Å². The summed E-state index contributed by atoms with van der Waals surface area (Å²) in [5.41, 5.74) is 0. The average Bonchev–Trinajstić information content (AvgIpc) is 2.41. The molecule has 0 aliphatic carbocycles. The van der Waals surface area contributed by atoms with Gasteiger partial charge in [-0.1, -0.05) is 6.92 Å². The van der Waals surface area contributed by atoms with Crippen LogP contribution in [0.25, 0.3) is 0 Å². The molecule has 2 heterocycles. The van der Waals surface area contributed by atoms with Gasteiger partial charge in [0.25, 0.3) is 0 Å². The van der Waals surface area contributed by atoms with Crippen LogP contribution in [-0.2, 0) is 6.54 Å². The van der Waals surface area contributed by atoms with Gasteiger partial charge in [0.05, 0.1) is 0 Å². The van der Waals surface area contributed by atoms with E-state index in [0.717, 1.165) is 12.4 Å². The summed E-state index contributed by atoms with van der Waals surface area (Å²) in [6.07, 6.45) is 3.28. The fourth-order valence-electron chi connectivity index (χ4n) is 1.41. The van der Waals surface area contributed by atoms with Crippen molar-refractivity contribution >= 4 is 0 Å². The highest BCUT2D eigenvalue weighted by Gasteiger charge is 2.27. The minimum absolute atomic E-state index is 0.323. The number of hydrogen-bond acceptors (Lipinski definition) is 2. The first-order valence-corrected chi connectivity index (χ1v) is 3.48. The number of hydrogen-bond donors (Lipinski definition) is 1. The van der Waals surface area contributed by atoms with Gasteiger partial charge in [0.2, 0.25) is 0 Å². The Morgan fingerprint density at radius 2 is 2.60 bits per heavy atom. The first-order valence-electron chi connectivity index (χ1n) is 3.48. The minimum atomic E-state index is -0.352. The molecule has 0 radical (unpaired) electrons. The summed E-state index contributed by atoms with van der Waals surface area (Å²) in [7, 11) is 0. The van der Waals surface area contributed by atoms with Crippen LogP contribution in [0.4, 0.5) is 0 Å². The zero-order valence-electron chi connectivity index (χ0n) is 5.86. The first-order chi connectivity index (χ1) is 4.79. The van der Waals surface area contributed by atoms with Crippen molar-refractivity contribution in [2.45, 2.75) is 19.6 Å². The zero-order valence-corrected chi connectivity index (χ0v) is 5.86. The topological polar surface area (TPSA) is 38.0 Å². The summed E-state index contributed by atoms with van der Waals surface area (Å²) >= 11 is 0. The maximum atomic E-state index is 9.46. The van der Waals surface area contributed by atoms with Crippen LogP contribution in [-0.4, -0.2) is 14.7 Å². The van der Waals surface area contributed by atoms with E-state index < -0.39 is 0 Å². The van der Waals surface area contributed by atoms with E-state index >= 15 is 0 Å². The molecule has 0 unspecified atom stereocenters. The average molecular weight is 138 g/mol. The molecule has 0 amide bonds. The predicted octanol–water partition coefficient (Wildman–Crippen LogP) is 0.566. The van der Waals surface area contributed by atoms with Crippen LogP contribution in [0, 0.1) is 5.92 Å². The van der Waals surface area contributed by atoms with Crippen molar-refractivity contribution in [2.24, 2.45) is 5.92 Å². The van der Waals surface area contributed by atoms with Gasteiger partial charge in [0, 0.05) is 24.9 Å². The maximum absolute atomic E-state index is 9.46. The van der Waals surface area contributed by atoms with Gasteiger partial charge in [-0.05, 0) is 0 Å². The van der Waals surface area contributed by atoms with Gasteiger partial charge in [-0.15, -0.1) is 0 Å². The Kier molecular flexibility index (Phi) is 1.08. The third kappa shape index (κ3) is 0.609. The molecular weight excluding hydrogens is 128 g/mol. The molecule has 0 spiro atoms. The quantitative estimate of drug-likeness (QED) is 0.569. The molecule has 54 valence electrons. The lowest BCUT2D eigenvalue weighted by molar-refractivity contribution is 0.129. The second-order valence-electron chi connectivity index (χ2n) is 2.86. The molecule has 10 heavy (non-hydrogen) atoms. The Morgan fingerprint density at radius 3 is 3.30 bits per heavy atom. The van der Waals surface area contributed by atoms with E-state index in [1.807, 2.05) is 17.7 Å². The Hall–Kier alpha value is -0.830. The van der Waals surface area contributed by atoms with Crippen molar-refractivity contribution in [1.82, 2.24) is 9.55 Å². The van der Waals surface area contributed by atoms with Crippen LogP contribution >= 0.6 is 0 Å². The highest BCUT2D eigenvalue weighted by molar-refractivity contribution is 5.03. The largest absolute Gasteiger partial charge is 0.385 e. The normalized spacial score (nSPS) is 30.6. The fourth-order valence-corrected chi connectivity index (χ4v) is 1.41. The summed E-state index contributed by atoms with van der Waals surface area (Å²) in [5, 5.41) is 9.46. The van der Waals surface area contributed by atoms with Gasteiger partial charge < -0.3 is 9.67 Å². The highest BCUT2D eigenvalue weighted by Crippen LogP contribution is 2.28. The van der Waals surface area contributed by atoms with E-state index in [-0.39, 0.29) is 6.10 Å². The Morgan fingerprint density at radius 1 is 1.80 bits per heavy atom. The first kappa shape index (κ1) is 5.92. The van der Waals surface area contributed by atoms with E-state index in [9.17, 15) is 5.11 Å². The summed E-state index contributed by atoms with van der Waals surface area (Å²) in [6, 6.07) is 0. The molecule has 0 aromatic carbocycles. The molecule has 0 bridgehead atoms. The molecule has 1 aromatic rings. The van der Waals surface area contributed by atoms with Crippen LogP contribution in [0.3, 0.4) is 0 Å². The van der Waals surface area contributed by atoms with Gasteiger partial charge in [-0.2, -0.15) is 0 Å². The van der Waals surface area contributed by atoms with Gasteiger partial charge in [0.15, 0.2) is 0 Å². The maximum Gasteiger partial charge on any atom is 0.137 e. The lowest BCUT2D eigenvalue weighted by Gasteiger charge is -2.03. The summed E-state index contributed by atoms with van der Waals surface area (Å²) in [5.74, 6) is 1.14. The lowest BCUT2D eigenvalue weighted by atomic mass is 10.1. The van der Waals surface area contributed by atoms with E-state index in [1.165, 1.54) is 0 Å². The fraction of sp³-hybridized carbons (Fsp3) is 0.571. The number of fused-ring (bicyclic) bond motifs is 1. The van der Waals surface area contributed by atoms with Crippen molar-refractivity contribution in [3.8, 4) is 0 Å². The van der Waals surface area contributed by atoms with Crippen LogP contribution in [0.15, 0.2) is 12.4 Å². The smallest absolute Gasteiger partial charge is 0.137 e. The summed E-state index contributed by atoms with van der Waals surface area (Å²) in [6.45, 7) is 2.93. The van der Waals surface area contributed by atoms with Crippen LogP contribution in [0.1, 0.15) is 18.9 Å². The van der Waals surface area contributed by atoms with Crippen molar-refractivity contribution in [3.63, 3.8) is 0 Å². The number of imidazole rings is 1. The van der Waals surface area contributed by atoms with E-state index in [0.29, 0.717) is 5.92 Å². The second kappa shape index (κ2) is 1.83. The molecule has 2 rings (SSSR count). The molecule has 3 heteroatoms. The Labute approximate surface area is 59.3 Å². The van der Waals surface area contributed by atoms with E-state index in [2.05, 4.69) is 4.98 Å². The Balaban J connectivity index is 2.43. The third-order valence-electron chi connectivity index (χ3n) is 2.04. The molecule has 0 fully saturated rings. The molecule has 1 aromatic heterocycles. The monoisotopic (exact) mass is 138 g/mol. The van der Waals surface area contributed by atoms with Gasteiger partial charge in [-0.25, -0.2) is 4.98 Å². The summed E-state index contributed by atoms with van der Waals surface area (Å²) < 4.78 is 2.00. The number of aliphatic hydroxyl groups excluding tert-OH is 1. The van der Waals surface area contributed by atoms with Crippen molar-refractivity contribution in [2.75, 3.05) is 0 Å². The molecule has 1 aliphatic heterocycles. The number of aliphatic hydroxyl groups is 1. The molecule has 2 atom stereocenters. The molecular formula is C7H10N2O. The van der Waals surface area contributed by atoms with Crippen LogP contribution in [0.5, 0.6) is 0 Å². The molecule has 1 N–H and O–H groups in total. The highest BCUT2D eigenvalue weighted by atomic mass is 16.3. The molecule has 0 saturated heterocycles. The van der Waals surface area contributed by atoms with E-state index in [1.54, 1.807) is 6.20 Å². The van der Waals surface area contributed by atoms with Gasteiger partial charge in [-0.3, -0.25) is 0 Å². The predicted molar refractivity (Wildman–Crippen MR) is 36.4 cm³/mol. The number of nitrogens with zero attached hydrogens (tertiary/aromatic N) is 2. The number of aromatic nitrogens is 2. The van der Waals surface area contributed by atoms with Crippen molar-refractivity contribution < 1.29 is 5.11 Å². The molecule has 3 nitrogen and oxygen atoms in total. The summed E-state index contributed by atoms with van der Waals surface area (Å²) in [4.78, 5) is 4.04. The van der Waals surface area contributed by atoms with E-state index in [4.69, 9.17) is 0 Å².